The minimum Gasteiger partial charge on any atom is -0.408 e. The molecule has 1 N–H and O–H groups in total. The first kappa shape index (κ1) is 19.6. The molecule has 9 heteroatoms. The molecule has 1 fully saturated rings. The predicted molar refractivity (Wildman–Crippen MR) is 102 cm³/mol. The SMILES string of the molecule is CS(=O)(=O)N1CCC(CNC(=O)CCCn2c(=O)oc3ccccc32)CC1. The summed E-state index contributed by atoms with van der Waals surface area (Å²) in [6.07, 6.45) is 3.60. The first-order valence-electron chi connectivity index (χ1n) is 9.15. The molecule has 1 aromatic heterocycles. The lowest BCUT2D eigenvalue weighted by Gasteiger charge is -2.30. The van der Waals surface area contributed by atoms with Crippen LogP contribution in [-0.4, -0.2) is 49.1 Å². The van der Waals surface area contributed by atoms with Gasteiger partial charge in [-0.15, -0.1) is 0 Å². The summed E-state index contributed by atoms with van der Waals surface area (Å²) in [4.78, 5) is 24.0. The van der Waals surface area contributed by atoms with Gasteiger partial charge in [0.05, 0.1) is 11.8 Å². The molecule has 148 valence electrons. The standard InChI is InChI=1S/C18H25N3O5S/c1-27(24,25)20-11-8-14(9-12-20)13-19-17(22)7-4-10-21-15-5-2-3-6-16(15)26-18(21)23/h2-3,5-6,14H,4,7-13H2,1H3,(H,19,22). The number of carbonyl (C=O) groups excluding carboxylic acids is 1. The molecule has 0 bridgehead atoms. The number of carbonyl (C=O) groups is 1. The van der Waals surface area contributed by atoms with Crippen LogP contribution in [0.4, 0.5) is 0 Å². The number of aryl methyl sites for hydroxylation is 1. The van der Waals surface area contributed by atoms with Gasteiger partial charge in [-0.2, -0.15) is 0 Å². The number of oxazole rings is 1. The van der Waals surface area contributed by atoms with Gasteiger partial charge in [-0.05, 0) is 37.3 Å². The maximum Gasteiger partial charge on any atom is 0.419 e. The third-order valence-electron chi connectivity index (χ3n) is 4.99. The van der Waals surface area contributed by atoms with Gasteiger partial charge in [-0.1, -0.05) is 12.1 Å². The summed E-state index contributed by atoms with van der Waals surface area (Å²) in [5.41, 5.74) is 1.29. The van der Waals surface area contributed by atoms with Gasteiger partial charge >= 0.3 is 5.76 Å². The zero-order valence-electron chi connectivity index (χ0n) is 15.4. The number of sulfonamides is 1. The van der Waals surface area contributed by atoms with E-state index in [0.717, 1.165) is 18.4 Å². The summed E-state index contributed by atoms with van der Waals surface area (Å²) in [6, 6.07) is 7.22. The molecule has 1 aliphatic rings. The van der Waals surface area contributed by atoms with Gasteiger partial charge in [-0.25, -0.2) is 17.5 Å². The molecule has 0 aliphatic carbocycles. The quantitative estimate of drug-likeness (QED) is 0.758. The Balaban J connectivity index is 1.40. The number of rotatable bonds is 7. The average molecular weight is 395 g/mol. The third kappa shape index (κ3) is 4.98. The molecule has 0 saturated carbocycles. The summed E-state index contributed by atoms with van der Waals surface area (Å²) in [5, 5.41) is 2.92. The van der Waals surface area contributed by atoms with E-state index in [4.69, 9.17) is 4.42 Å². The maximum atomic E-state index is 12.1. The van der Waals surface area contributed by atoms with Crippen molar-refractivity contribution in [3.8, 4) is 0 Å². The Bertz CT molecular complexity index is 955. The molecule has 0 unspecified atom stereocenters. The van der Waals surface area contributed by atoms with Crippen LogP contribution in [0.5, 0.6) is 0 Å². The molecular formula is C18H25N3O5S. The summed E-state index contributed by atoms with van der Waals surface area (Å²) in [7, 11) is -3.12. The number of aromatic nitrogens is 1. The lowest BCUT2D eigenvalue weighted by molar-refractivity contribution is -0.121. The second kappa shape index (κ2) is 8.26. The molecule has 0 spiro atoms. The Morgan fingerprint density at radius 2 is 1.96 bits per heavy atom. The molecule has 3 rings (SSSR count). The number of para-hydroxylation sites is 2. The molecule has 27 heavy (non-hydrogen) atoms. The Hall–Kier alpha value is -2.13. The Morgan fingerprint density at radius 1 is 1.26 bits per heavy atom. The number of benzene rings is 1. The van der Waals surface area contributed by atoms with Crippen LogP contribution in [0, 0.1) is 5.92 Å². The number of piperidine rings is 1. The van der Waals surface area contributed by atoms with Crippen LogP contribution in [0.1, 0.15) is 25.7 Å². The fraction of sp³-hybridized carbons (Fsp3) is 0.556. The lowest BCUT2D eigenvalue weighted by Crippen LogP contribution is -2.41. The largest absolute Gasteiger partial charge is 0.419 e. The van der Waals surface area contributed by atoms with Gasteiger partial charge in [0.15, 0.2) is 5.58 Å². The number of amides is 1. The maximum absolute atomic E-state index is 12.1. The van der Waals surface area contributed by atoms with Gasteiger partial charge in [-0.3, -0.25) is 9.36 Å². The minimum absolute atomic E-state index is 0.0543. The Labute approximate surface area is 158 Å². The molecule has 1 aliphatic heterocycles. The van der Waals surface area contributed by atoms with Crippen LogP contribution in [0.2, 0.25) is 0 Å². The number of hydrogen-bond donors (Lipinski definition) is 1. The second-order valence-electron chi connectivity index (χ2n) is 7.00. The monoisotopic (exact) mass is 395 g/mol. The van der Waals surface area contributed by atoms with E-state index < -0.39 is 15.8 Å². The molecule has 8 nitrogen and oxygen atoms in total. The highest BCUT2D eigenvalue weighted by Gasteiger charge is 2.24. The smallest absolute Gasteiger partial charge is 0.408 e. The molecule has 1 saturated heterocycles. The molecule has 2 heterocycles. The van der Waals surface area contributed by atoms with Gasteiger partial charge < -0.3 is 9.73 Å². The predicted octanol–water partition coefficient (Wildman–Crippen LogP) is 1.16. The van der Waals surface area contributed by atoms with Gasteiger partial charge in [0.1, 0.15) is 0 Å². The van der Waals surface area contributed by atoms with Crippen molar-refractivity contribution in [3.63, 3.8) is 0 Å². The van der Waals surface area contributed by atoms with Crippen molar-refractivity contribution in [1.29, 1.82) is 0 Å². The van der Waals surface area contributed by atoms with Crippen LogP contribution in [0.3, 0.4) is 0 Å². The van der Waals surface area contributed by atoms with E-state index in [-0.39, 0.29) is 5.91 Å². The Morgan fingerprint density at radius 3 is 2.67 bits per heavy atom. The zero-order chi connectivity index (χ0) is 19.4. The van der Waals surface area contributed by atoms with Crippen molar-refractivity contribution in [2.24, 2.45) is 5.92 Å². The van der Waals surface area contributed by atoms with Gasteiger partial charge in [0.2, 0.25) is 15.9 Å². The van der Waals surface area contributed by atoms with Crippen LogP contribution >= 0.6 is 0 Å². The fourth-order valence-electron chi connectivity index (χ4n) is 3.42. The highest BCUT2D eigenvalue weighted by atomic mass is 32.2. The van der Waals surface area contributed by atoms with Crippen LogP contribution in [0.15, 0.2) is 33.5 Å². The second-order valence-corrected chi connectivity index (χ2v) is 8.98. The van der Waals surface area contributed by atoms with E-state index in [0.29, 0.717) is 50.5 Å². The van der Waals surface area contributed by atoms with Crippen molar-refractivity contribution in [3.05, 3.63) is 34.8 Å². The number of nitrogens with one attached hydrogen (secondary N) is 1. The van der Waals surface area contributed by atoms with E-state index in [1.54, 1.807) is 10.6 Å². The highest BCUT2D eigenvalue weighted by Crippen LogP contribution is 2.18. The summed E-state index contributed by atoms with van der Waals surface area (Å²) < 4.78 is 31.2. The summed E-state index contributed by atoms with van der Waals surface area (Å²) in [6.45, 7) is 2.01. The topological polar surface area (TPSA) is 102 Å². The minimum atomic E-state index is -3.12. The first-order valence-corrected chi connectivity index (χ1v) is 11.0. The van der Waals surface area contributed by atoms with E-state index in [2.05, 4.69) is 5.32 Å². The molecule has 2 aromatic rings. The lowest BCUT2D eigenvalue weighted by atomic mass is 9.98. The summed E-state index contributed by atoms with van der Waals surface area (Å²) in [5.74, 6) is -0.164. The van der Waals surface area contributed by atoms with Crippen molar-refractivity contribution < 1.29 is 17.6 Å². The molecule has 0 atom stereocenters. The van der Waals surface area contributed by atoms with Crippen molar-refractivity contribution >= 4 is 27.0 Å². The molecule has 0 radical (unpaired) electrons. The van der Waals surface area contributed by atoms with Crippen molar-refractivity contribution in [2.75, 3.05) is 25.9 Å². The number of nitrogens with zero attached hydrogens (tertiary/aromatic N) is 2. The van der Waals surface area contributed by atoms with Crippen LogP contribution in [-0.2, 0) is 21.4 Å². The molecular weight excluding hydrogens is 370 g/mol. The van der Waals surface area contributed by atoms with Crippen molar-refractivity contribution in [2.45, 2.75) is 32.2 Å². The van der Waals surface area contributed by atoms with Crippen LogP contribution in [0.25, 0.3) is 11.1 Å². The zero-order valence-corrected chi connectivity index (χ0v) is 16.2. The number of fused-ring (bicyclic) bond motifs is 1. The van der Waals surface area contributed by atoms with E-state index in [1.165, 1.54) is 10.6 Å². The fourth-order valence-corrected chi connectivity index (χ4v) is 4.29. The van der Waals surface area contributed by atoms with Crippen LogP contribution < -0.4 is 11.1 Å². The van der Waals surface area contributed by atoms with Crippen molar-refractivity contribution in [1.82, 2.24) is 14.2 Å². The van der Waals surface area contributed by atoms with E-state index >= 15 is 0 Å². The normalized spacial score (nSPS) is 16.6. The van der Waals surface area contributed by atoms with Gasteiger partial charge in [0.25, 0.3) is 0 Å². The highest BCUT2D eigenvalue weighted by molar-refractivity contribution is 7.88. The Kier molecular flexibility index (Phi) is 6.01. The van der Waals surface area contributed by atoms with Gasteiger partial charge in [0, 0.05) is 32.6 Å². The first-order chi connectivity index (χ1) is 12.8. The summed E-state index contributed by atoms with van der Waals surface area (Å²) >= 11 is 0. The molecule has 1 amide bonds. The van der Waals surface area contributed by atoms with E-state index in [9.17, 15) is 18.0 Å². The average Bonchev–Trinajstić information content (AvgIpc) is 2.95. The molecule has 1 aromatic carbocycles. The third-order valence-corrected chi connectivity index (χ3v) is 6.29. The van der Waals surface area contributed by atoms with E-state index in [1.807, 2.05) is 18.2 Å². The number of hydrogen-bond acceptors (Lipinski definition) is 5.